The van der Waals surface area contributed by atoms with Crippen LogP contribution in [0.15, 0.2) is 17.1 Å². The molecule has 0 atom stereocenters. The predicted molar refractivity (Wildman–Crippen MR) is 79.1 cm³/mol. The quantitative estimate of drug-likeness (QED) is 0.611. The maximum Gasteiger partial charge on any atom is 0.103 e. The third-order valence-corrected chi connectivity index (χ3v) is 4.21. The molecule has 18 heavy (non-hydrogen) atoms. The van der Waals surface area contributed by atoms with Gasteiger partial charge in [0.15, 0.2) is 0 Å². The van der Waals surface area contributed by atoms with Gasteiger partial charge in [-0.15, -0.1) is 0 Å². The van der Waals surface area contributed by atoms with Crippen molar-refractivity contribution in [2.45, 2.75) is 39.0 Å². The van der Waals surface area contributed by atoms with Crippen molar-refractivity contribution in [3.05, 3.63) is 27.7 Å². The maximum atomic E-state index is 6.16. The lowest BCUT2D eigenvalue weighted by molar-refractivity contribution is 0.437. The summed E-state index contributed by atoms with van der Waals surface area (Å²) in [5, 5.41) is 1.28. The van der Waals surface area contributed by atoms with Crippen LogP contribution >= 0.6 is 23.2 Å². The van der Waals surface area contributed by atoms with Gasteiger partial charge >= 0.3 is 0 Å². The molecule has 0 aromatic heterocycles. The lowest BCUT2D eigenvalue weighted by atomic mass is 9.88. The Labute approximate surface area is 118 Å². The molecule has 2 N–H and O–H groups in total. The summed E-state index contributed by atoms with van der Waals surface area (Å²) in [5.74, 6) is 1.09. The van der Waals surface area contributed by atoms with Gasteiger partial charge in [0, 0.05) is 10.9 Å². The highest BCUT2D eigenvalue weighted by Crippen LogP contribution is 2.32. The van der Waals surface area contributed by atoms with Gasteiger partial charge < -0.3 is 5.73 Å². The first-order valence-corrected chi connectivity index (χ1v) is 7.13. The Hall–Kier alpha value is -0.730. The third kappa shape index (κ3) is 3.18. The van der Waals surface area contributed by atoms with E-state index in [-0.39, 0.29) is 0 Å². The highest BCUT2D eigenvalue weighted by molar-refractivity contribution is 6.35. The summed E-state index contributed by atoms with van der Waals surface area (Å²) in [6, 6.07) is 3.62. The first-order valence-electron chi connectivity index (χ1n) is 6.37. The van der Waals surface area contributed by atoms with Crippen LogP contribution in [0, 0.1) is 12.8 Å². The van der Waals surface area contributed by atoms with Gasteiger partial charge in [-0.25, -0.2) is 4.99 Å². The van der Waals surface area contributed by atoms with Crippen LogP contribution in [0.3, 0.4) is 0 Å². The van der Waals surface area contributed by atoms with E-state index >= 15 is 0 Å². The van der Waals surface area contributed by atoms with Crippen LogP contribution in [-0.4, -0.2) is 5.84 Å². The van der Waals surface area contributed by atoms with Gasteiger partial charge in [0.25, 0.3) is 0 Å². The van der Waals surface area contributed by atoms with Crippen LogP contribution in [0.2, 0.25) is 10.0 Å². The zero-order chi connectivity index (χ0) is 13.1. The van der Waals surface area contributed by atoms with E-state index in [1.165, 1.54) is 19.3 Å². The van der Waals surface area contributed by atoms with Crippen molar-refractivity contribution in [3.63, 3.8) is 0 Å². The first-order chi connectivity index (χ1) is 8.58. The third-order valence-electron chi connectivity index (χ3n) is 3.50. The van der Waals surface area contributed by atoms with Gasteiger partial charge in [-0.2, -0.15) is 0 Å². The lowest BCUT2D eigenvalue weighted by Crippen LogP contribution is -2.25. The predicted octanol–water partition coefficient (Wildman–Crippen LogP) is 4.87. The molecule has 1 aliphatic rings. The second-order valence-corrected chi connectivity index (χ2v) is 5.74. The molecule has 2 nitrogen and oxygen atoms in total. The fourth-order valence-electron chi connectivity index (χ4n) is 2.35. The second kappa shape index (κ2) is 5.94. The Kier molecular flexibility index (Phi) is 4.52. The van der Waals surface area contributed by atoms with Crippen molar-refractivity contribution in [2.75, 3.05) is 0 Å². The van der Waals surface area contributed by atoms with E-state index in [9.17, 15) is 0 Å². The van der Waals surface area contributed by atoms with Crippen LogP contribution in [0.1, 0.15) is 37.7 Å². The molecule has 0 saturated heterocycles. The molecule has 0 radical (unpaired) electrons. The number of amidine groups is 1. The molecule has 2 rings (SSSR count). The molecule has 98 valence electrons. The Morgan fingerprint density at radius 1 is 1.17 bits per heavy atom. The normalized spacial score (nSPS) is 18.1. The average molecular weight is 285 g/mol. The Bertz CT molecular complexity index is 463. The monoisotopic (exact) mass is 284 g/mol. The molecule has 0 bridgehead atoms. The molecular weight excluding hydrogens is 267 g/mol. The minimum atomic E-state index is 0.398. The van der Waals surface area contributed by atoms with E-state index in [0.717, 1.165) is 18.4 Å². The van der Waals surface area contributed by atoms with Crippen molar-refractivity contribution in [1.82, 2.24) is 0 Å². The summed E-state index contributed by atoms with van der Waals surface area (Å²) in [5.41, 5.74) is 7.72. The molecule has 0 amide bonds. The molecule has 1 fully saturated rings. The molecule has 1 saturated carbocycles. The fourth-order valence-corrected chi connectivity index (χ4v) is 2.77. The number of hydrogen-bond acceptors (Lipinski definition) is 1. The highest BCUT2D eigenvalue weighted by atomic mass is 35.5. The maximum absolute atomic E-state index is 6.16. The van der Waals surface area contributed by atoms with Gasteiger partial charge in [-0.1, -0.05) is 42.5 Å². The highest BCUT2D eigenvalue weighted by Gasteiger charge is 2.17. The van der Waals surface area contributed by atoms with Crippen molar-refractivity contribution in [1.29, 1.82) is 0 Å². The Morgan fingerprint density at radius 3 is 2.50 bits per heavy atom. The zero-order valence-corrected chi connectivity index (χ0v) is 12.1. The number of halogens is 2. The summed E-state index contributed by atoms with van der Waals surface area (Å²) >= 11 is 12.2. The van der Waals surface area contributed by atoms with Gasteiger partial charge in [-0.05, 0) is 37.5 Å². The zero-order valence-electron chi connectivity index (χ0n) is 10.5. The van der Waals surface area contributed by atoms with Gasteiger partial charge in [0.05, 0.1) is 10.7 Å². The molecule has 0 unspecified atom stereocenters. The van der Waals surface area contributed by atoms with E-state index in [0.29, 0.717) is 27.5 Å². The smallest absolute Gasteiger partial charge is 0.103 e. The molecule has 1 aliphatic carbocycles. The number of aryl methyl sites for hydroxylation is 1. The molecular formula is C14H18Cl2N2. The van der Waals surface area contributed by atoms with Crippen LogP contribution in [-0.2, 0) is 0 Å². The SMILES string of the molecule is Cc1cc(Cl)c(N=C(N)C2CCCCC2)cc1Cl. The van der Waals surface area contributed by atoms with E-state index in [4.69, 9.17) is 28.9 Å². The number of rotatable bonds is 2. The van der Waals surface area contributed by atoms with Crippen molar-refractivity contribution in [3.8, 4) is 0 Å². The molecule has 0 aliphatic heterocycles. The van der Waals surface area contributed by atoms with Gasteiger partial charge in [-0.3, -0.25) is 0 Å². The Balaban J connectivity index is 2.23. The van der Waals surface area contributed by atoms with Crippen molar-refractivity contribution < 1.29 is 0 Å². The summed E-state index contributed by atoms with van der Waals surface area (Å²) in [6.07, 6.45) is 6.05. The number of benzene rings is 1. The number of hydrogen-bond donors (Lipinski definition) is 1. The van der Waals surface area contributed by atoms with Crippen LogP contribution in [0.25, 0.3) is 0 Å². The number of nitrogens with zero attached hydrogens (tertiary/aromatic N) is 1. The second-order valence-electron chi connectivity index (χ2n) is 4.92. The van der Waals surface area contributed by atoms with Gasteiger partial charge in [0.2, 0.25) is 0 Å². The largest absolute Gasteiger partial charge is 0.387 e. The van der Waals surface area contributed by atoms with Crippen LogP contribution < -0.4 is 5.73 Å². The molecule has 1 aromatic rings. The van der Waals surface area contributed by atoms with Crippen molar-refractivity contribution >= 4 is 34.7 Å². The van der Waals surface area contributed by atoms with E-state index in [1.54, 1.807) is 6.07 Å². The van der Waals surface area contributed by atoms with E-state index in [2.05, 4.69) is 4.99 Å². The minimum absolute atomic E-state index is 0.398. The topological polar surface area (TPSA) is 38.4 Å². The summed E-state index contributed by atoms with van der Waals surface area (Å²) in [7, 11) is 0. The summed E-state index contributed by atoms with van der Waals surface area (Å²) in [6.45, 7) is 1.92. The molecule has 0 spiro atoms. The number of aliphatic imine (C=N–C) groups is 1. The van der Waals surface area contributed by atoms with E-state index < -0.39 is 0 Å². The van der Waals surface area contributed by atoms with E-state index in [1.807, 2.05) is 13.0 Å². The van der Waals surface area contributed by atoms with Crippen molar-refractivity contribution in [2.24, 2.45) is 16.6 Å². The standard InChI is InChI=1S/C14H18Cl2N2/c1-9-7-12(16)13(8-11(9)15)18-14(17)10-5-3-2-4-6-10/h7-8,10H,2-6H2,1H3,(H2,17,18). The first kappa shape index (κ1) is 13.7. The fraction of sp³-hybridized carbons (Fsp3) is 0.500. The summed E-state index contributed by atoms with van der Waals surface area (Å²) in [4.78, 5) is 4.46. The molecule has 0 heterocycles. The van der Waals surface area contributed by atoms with Crippen LogP contribution in [0.4, 0.5) is 5.69 Å². The van der Waals surface area contributed by atoms with Crippen LogP contribution in [0.5, 0.6) is 0 Å². The Morgan fingerprint density at radius 2 is 1.83 bits per heavy atom. The van der Waals surface area contributed by atoms with Gasteiger partial charge in [0.1, 0.15) is 5.84 Å². The molecule has 4 heteroatoms. The lowest BCUT2D eigenvalue weighted by Gasteiger charge is -2.21. The summed E-state index contributed by atoms with van der Waals surface area (Å²) < 4.78 is 0. The number of nitrogens with two attached hydrogens (primary N) is 1. The molecule has 1 aromatic carbocycles. The minimum Gasteiger partial charge on any atom is -0.387 e. The average Bonchev–Trinajstić information content (AvgIpc) is 2.37.